The first kappa shape index (κ1) is 50.2. The number of benzene rings is 7. The number of phenolic OH excluding ortho intramolecular Hbond substituents is 5. The highest BCUT2D eigenvalue weighted by Crippen LogP contribution is 2.49. The van der Waals surface area contributed by atoms with Gasteiger partial charge in [-0.2, -0.15) is 33.7 Å². The number of hydrogen-bond donors (Lipinski definition) is 11. The molecule has 1 aliphatic rings. The second-order valence-electron chi connectivity index (χ2n) is 15.3. The largest absolute Gasteiger partial charge is 0.506 e. The fourth-order valence-corrected chi connectivity index (χ4v) is 9.93. The van der Waals surface area contributed by atoms with E-state index in [2.05, 4.69) is 36.1 Å². The summed E-state index contributed by atoms with van der Waals surface area (Å²) in [4.78, 5) is -5.06. The summed E-state index contributed by atoms with van der Waals surface area (Å²) < 4.78 is 138. The molecular weight excluding hydrogens is 1030 g/mol. The molecule has 30 heteroatoms. The standard InChI is InChI=1S/C42H32N8O18S4/c1-19-36(42(56)50(49-19)23-5-3-2-4-6-23)46-43-27-10-7-20(14-30(27)51)21-8-11-28(31(52)15-21)44-47-37-34(72(66,67)68)18-26-25(40(37)54)9-12-29(39(26)53)45-48-38-33(71(63,64)65)16-22-13-24(69(57,58)59)17-32(70(60,61)62)35(22)41(38)55/h2-18,42,49,51-56H,1H3,(H,57,58,59)(H,60,61,62)(H,63,64,65)(H,66,67,68). The maximum atomic E-state index is 12.6. The number of azo groups is 3. The van der Waals surface area contributed by atoms with Crippen molar-refractivity contribution in [3.05, 3.63) is 115 Å². The van der Waals surface area contributed by atoms with Crippen molar-refractivity contribution in [1.29, 1.82) is 0 Å². The number of nitrogens with zero attached hydrogens (tertiary/aromatic N) is 7. The molecule has 7 aromatic rings. The Morgan fingerprint density at radius 3 is 1.56 bits per heavy atom. The summed E-state index contributed by atoms with van der Waals surface area (Å²) in [6.07, 6.45) is -1.19. The fourth-order valence-electron chi connectivity index (χ4n) is 7.26. The van der Waals surface area contributed by atoms with Crippen LogP contribution in [0.1, 0.15) is 6.92 Å². The number of fused-ring (bicyclic) bond motifs is 2. The molecule has 1 aliphatic heterocycles. The Kier molecular flexibility index (Phi) is 12.7. The quantitative estimate of drug-likeness (QED) is 0.0413. The molecule has 1 atom stereocenters. The molecule has 0 spiro atoms. The Morgan fingerprint density at radius 1 is 0.500 bits per heavy atom. The highest BCUT2D eigenvalue weighted by Gasteiger charge is 2.31. The highest BCUT2D eigenvalue weighted by molar-refractivity contribution is 7.87. The lowest BCUT2D eigenvalue weighted by atomic mass is 10.0. The summed E-state index contributed by atoms with van der Waals surface area (Å²) in [5, 5.41) is 87.8. The van der Waals surface area contributed by atoms with E-state index in [1.54, 1.807) is 31.2 Å². The molecule has 0 aromatic heterocycles. The first-order chi connectivity index (χ1) is 33.6. The molecule has 11 N–H and O–H groups in total. The highest BCUT2D eigenvalue weighted by atomic mass is 32.2. The first-order valence-electron chi connectivity index (χ1n) is 19.8. The molecule has 372 valence electrons. The minimum atomic E-state index is -5.47. The van der Waals surface area contributed by atoms with Crippen LogP contribution in [0.15, 0.2) is 165 Å². The first-order valence-corrected chi connectivity index (χ1v) is 25.6. The minimum absolute atomic E-state index is 0.0375. The fraction of sp³-hybridized carbons (Fsp3) is 0.0476. The number of anilines is 1. The van der Waals surface area contributed by atoms with Gasteiger partial charge in [-0.05, 0) is 96.2 Å². The maximum absolute atomic E-state index is 12.6. The van der Waals surface area contributed by atoms with Crippen molar-refractivity contribution in [3.63, 3.8) is 0 Å². The van der Waals surface area contributed by atoms with Gasteiger partial charge in [0.05, 0.1) is 16.3 Å². The molecule has 1 heterocycles. The van der Waals surface area contributed by atoms with Gasteiger partial charge in [0, 0.05) is 16.2 Å². The predicted octanol–water partition coefficient (Wildman–Crippen LogP) is 7.66. The zero-order valence-corrected chi connectivity index (χ0v) is 39.2. The zero-order valence-electron chi connectivity index (χ0n) is 35.9. The van der Waals surface area contributed by atoms with Gasteiger partial charge in [0.25, 0.3) is 40.5 Å². The molecule has 0 saturated carbocycles. The van der Waals surface area contributed by atoms with Crippen LogP contribution in [-0.2, 0) is 40.5 Å². The van der Waals surface area contributed by atoms with E-state index in [0.29, 0.717) is 40.7 Å². The van der Waals surface area contributed by atoms with E-state index in [1.165, 1.54) is 41.4 Å². The van der Waals surface area contributed by atoms with Crippen LogP contribution in [-0.4, -0.2) is 88.7 Å². The summed E-state index contributed by atoms with van der Waals surface area (Å²) in [5.74, 6) is -4.36. The van der Waals surface area contributed by atoms with Gasteiger partial charge < -0.3 is 30.6 Å². The molecular formula is C42H32N8O18S4. The Labute approximate surface area is 405 Å². The van der Waals surface area contributed by atoms with E-state index < -0.39 is 123 Å². The molecule has 0 fully saturated rings. The molecule has 1 unspecified atom stereocenters. The molecule has 0 radical (unpaired) electrons. The lowest BCUT2D eigenvalue weighted by Gasteiger charge is -2.23. The Morgan fingerprint density at radius 2 is 1.01 bits per heavy atom. The number of aromatic hydroxyl groups is 5. The van der Waals surface area contributed by atoms with Gasteiger partial charge in [0.15, 0.2) is 23.5 Å². The normalized spacial score (nSPS) is 15.0. The topological polar surface area (TPSA) is 428 Å². The van der Waals surface area contributed by atoms with Gasteiger partial charge in [0.1, 0.15) is 60.3 Å². The lowest BCUT2D eigenvalue weighted by Crippen LogP contribution is -2.39. The van der Waals surface area contributed by atoms with Crippen molar-refractivity contribution in [2.24, 2.45) is 30.7 Å². The number of allylic oxidation sites excluding steroid dienone is 1. The van der Waals surface area contributed by atoms with Crippen molar-refractivity contribution < 1.29 is 82.5 Å². The maximum Gasteiger partial charge on any atom is 0.296 e. The van der Waals surface area contributed by atoms with Gasteiger partial charge >= 0.3 is 0 Å². The van der Waals surface area contributed by atoms with Crippen LogP contribution >= 0.6 is 0 Å². The summed E-state index contributed by atoms with van der Waals surface area (Å²) in [6.45, 7) is 1.69. The molecule has 72 heavy (non-hydrogen) atoms. The van der Waals surface area contributed by atoms with Crippen LogP contribution in [0.3, 0.4) is 0 Å². The average molecular weight is 1070 g/mol. The number of phenols is 5. The molecule has 0 bridgehead atoms. The van der Waals surface area contributed by atoms with Gasteiger partial charge in [-0.15, -0.1) is 30.7 Å². The van der Waals surface area contributed by atoms with Crippen molar-refractivity contribution in [3.8, 4) is 39.9 Å². The molecule has 0 aliphatic carbocycles. The summed E-state index contributed by atoms with van der Waals surface area (Å²) in [5.41, 5.74) is 1.98. The zero-order chi connectivity index (χ0) is 52.4. The Hall–Kier alpha value is -8.20. The number of aliphatic hydroxyl groups is 1. The van der Waals surface area contributed by atoms with Crippen molar-refractivity contribution >= 4 is 96.1 Å². The second kappa shape index (κ2) is 18.2. The monoisotopic (exact) mass is 1060 g/mol. The summed E-state index contributed by atoms with van der Waals surface area (Å²) >= 11 is 0. The Bertz CT molecular complexity index is 4060. The average Bonchev–Trinajstić information content (AvgIpc) is 3.58. The lowest BCUT2D eigenvalue weighted by molar-refractivity contribution is 0.206. The van der Waals surface area contributed by atoms with Gasteiger partial charge in [-0.25, -0.2) is 0 Å². The third kappa shape index (κ3) is 9.66. The number of hydrogen-bond acceptors (Lipinski definition) is 22. The van der Waals surface area contributed by atoms with Crippen molar-refractivity contribution in [1.82, 2.24) is 5.43 Å². The molecule has 7 aromatic carbocycles. The second-order valence-corrected chi connectivity index (χ2v) is 20.9. The van der Waals surface area contributed by atoms with E-state index in [9.17, 15) is 82.5 Å². The van der Waals surface area contributed by atoms with Gasteiger partial charge in [0.2, 0.25) is 0 Å². The van der Waals surface area contributed by atoms with Gasteiger partial charge in [-0.3, -0.25) is 28.6 Å². The number of nitrogens with one attached hydrogen (secondary N) is 1. The predicted molar refractivity (Wildman–Crippen MR) is 251 cm³/mol. The smallest absolute Gasteiger partial charge is 0.296 e. The number of para-hydroxylation sites is 1. The number of rotatable bonds is 12. The number of hydrazine groups is 1. The van der Waals surface area contributed by atoms with Crippen LogP contribution in [0.5, 0.6) is 28.7 Å². The third-order valence-electron chi connectivity index (χ3n) is 10.7. The van der Waals surface area contributed by atoms with Crippen molar-refractivity contribution in [2.45, 2.75) is 32.7 Å². The number of aliphatic hydroxyl groups excluding tert-OH is 1. The minimum Gasteiger partial charge on any atom is -0.506 e. The van der Waals surface area contributed by atoms with E-state index in [-0.39, 0.29) is 34.3 Å². The van der Waals surface area contributed by atoms with E-state index >= 15 is 0 Å². The summed E-state index contributed by atoms with van der Waals surface area (Å²) in [7, 11) is -21.5. The van der Waals surface area contributed by atoms with Crippen LogP contribution in [0.25, 0.3) is 32.7 Å². The van der Waals surface area contributed by atoms with Crippen LogP contribution in [0.4, 0.5) is 34.1 Å². The molecule has 26 nitrogen and oxygen atoms in total. The summed E-state index contributed by atoms with van der Waals surface area (Å²) in [6, 6.07) is 20.7. The van der Waals surface area contributed by atoms with Crippen LogP contribution in [0, 0.1) is 0 Å². The third-order valence-corrected chi connectivity index (χ3v) is 14.1. The molecule has 8 rings (SSSR count). The van der Waals surface area contributed by atoms with Crippen LogP contribution in [0.2, 0.25) is 0 Å². The van der Waals surface area contributed by atoms with E-state index in [4.69, 9.17) is 0 Å². The van der Waals surface area contributed by atoms with Gasteiger partial charge in [-0.1, -0.05) is 30.3 Å². The van der Waals surface area contributed by atoms with E-state index in [1.807, 2.05) is 6.07 Å². The van der Waals surface area contributed by atoms with E-state index in [0.717, 1.165) is 12.1 Å². The molecule has 0 amide bonds. The van der Waals surface area contributed by atoms with Crippen molar-refractivity contribution in [2.75, 3.05) is 5.01 Å². The van der Waals surface area contributed by atoms with Crippen LogP contribution < -0.4 is 10.4 Å². The Balaban J connectivity index is 1.09. The SMILES string of the molecule is CC1=C(N=Nc2ccc(-c3ccc(N=Nc4c(S(=O)(=O)O)cc5c(O)c(N=Nc6c(S(=O)(=O)O)cc7cc(S(=O)(=O)O)cc(S(=O)(=O)O)c7c6O)ccc5c4O)c(O)c3)cc2O)C(O)N(c2ccccc2)N1. The molecule has 0 saturated heterocycles.